The first kappa shape index (κ1) is 23.9. The minimum Gasteiger partial charge on any atom is -0.438 e. The van der Waals surface area contributed by atoms with Gasteiger partial charge in [-0.15, -0.1) is 0 Å². The summed E-state index contributed by atoms with van der Waals surface area (Å²) < 4.78 is 27.1. The minimum absolute atomic E-state index is 0.174. The first-order valence-corrected chi connectivity index (χ1v) is 11.0. The van der Waals surface area contributed by atoms with Gasteiger partial charge in [-0.05, 0) is 52.0 Å². The van der Waals surface area contributed by atoms with Crippen LogP contribution in [0.4, 0.5) is 4.39 Å². The molecule has 1 heterocycles. The van der Waals surface area contributed by atoms with Crippen LogP contribution >= 0.6 is 0 Å². The first-order chi connectivity index (χ1) is 15.4. The molecule has 1 atom stereocenters. The van der Waals surface area contributed by atoms with E-state index < -0.39 is 6.10 Å². The summed E-state index contributed by atoms with van der Waals surface area (Å²) >= 11 is 0. The summed E-state index contributed by atoms with van der Waals surface area (Å²) in [5.74, 6) is 0.564. The lowest BCUT2D eigenvalue weighted by atomic mass is 10.2. The van der Waals surface area contributed by atoms with Crippen molar-refractivity contribution in [3.8, 4) is 17.3 Å². The molecular weight excluding hydrogens is 409 g/mol. The first-order valence-electron chi connectivity index (χ1n) is 11.0. The predicted octanol–water partition coefficient (Wildman–Crippen LogP) is 4.72. The van der Waals surface area contributed by atoms with Gasteiger partial charge in [-0.25, -0.2) is 9.07 Å². The van der Waals surface area contributed by atoms with Gasteiger partial charge in [0.1, 0.15) is 11.6 Å². The third-order valence-corrected chi connectivity index (χ3v) is 5.20. The minimum atomic E-state index is -0.602. The number of hydrogen-bond acceptors (Lipinski definition) is 5. The monoisotopic (exact) mass is 441 g/mol. The Kier molecular flexibility index (Phi) is 8.39. The summed E-state index contributed by atoms with van der Waals surface area (Å²) in [6, 6.07) is 15.9. The summed E-state index contributed by atoms with van der Waals surface area (Å²) in [4.78, 5) is 2.15. The number of aromatic nitrogens is 2. The van der Waals surface area contributed by atoms with E-state index in [2.05, 4.69) is 18.7 Å². The van der Waals surface area contributed by atoms with Gasteiger partial charge < -0.3 is 14.6 Å². The molecule has 0 amide bonds. The van der Waals surface area contributed by atoms with E-state index in [4.69, 9.17) is 14.6 Å². The zero-order valence-corrected chi connectivity index (χ0v) is 19.2. The van der Waals surface area contributed by atoms with Crippen molar-refractivity contribution in [2.75, 3.05) is 19.8 Å². The maximum absolute atomic E-state index is 13.8. The van der Waals surface area contributed by atoms with Gasteiger partial charge in [-0.1, -0.05) is 24.3 Å². The van der Waals surface area contributed by atoms with E-state index in [9.17, 15) is 9.50 Å². The Balaban J connectivity index is 1.97. The van der Waals surface area contributed by atoms with E-state index in [0.717, 1.165) is 16.9 Å². The van der Waals surface area contributed by atoms with Crippen molar-refractivity contribution in [3.05, 3.63) is 71.7 Å². The topological polar surface area (TPSA) is 59.8 Å². The molecule has 0 spiro atoms. The summed E-state index contributed by atoms with van der Waals surface area (Å²) in [6.07, 6.45) is -0.602. The number of hydrogen-bond donors (Lipinski definition) is 1. The highest BCUT2D eigenvalue weighted by Gasteiger charge is 2.24. The molecule has 0 radical (unpaired) electrons. The summed E-state index contributed by atoms with van der Waals surface area (Å²) in [5.41, 5.74) is 2.54. The number of aliphatic hydroxyl groups excluding tert-OH is 1. The molecule has 1 N–H and O–H groups in total. The Hall–Kier alpha value is -2.74. The van der Waals surface area contributed by atoms with Gasteiger partial charge in [0.05, 0.1) is 29.7 Å². The van der Waals surface area contributed by atoms with Crippen molar-refractivity contribution >= 4 is 0 Å². The molecule has 0 saturated heterocycles. The van der Waals surface area contributed by atoms with Gasteiger partial charge in [-0.2, -0.15) is 5.10 Å². The lowest BCUT2D eigenvalue weighted by molar-refractivity contribution is 0.0131. The fourth-order valence-electron chi connectivity index (χ4n) is 3.45. The van der Waals surface area contributed by atoms with E-state index in [0.29, 0.717) is 31.3 Å². The number of benzene rings is 2. The lowest BCUT2D eigenvalue weighted by Gasteiger charge is -2.29. The molecule has 0 bridgehead atoms. The van der Waals surface area contributed by atoms with Gasteiger partial charge in [0, 0.05) is 31.8 Å². The van der Waals surface area contributed by atoms with E-state index in [-0.39, 0.29) is 18.5 Å². The van der Waals surface area contributed by atoms with Gasteiger partial charge in [0.2, 0.25) is 5.88 Å². The van der Waals surface area contributed by atoms with Crippen LogP contribution in [0.3, 0.4) is 0 Å². The van der Waals surface area contributed by atoms with E-state index in [1.807, 2.05) is 44.2 Å². The molecule has 0 aliphatic carbocycles. The van der Waals surface area contributed by atoms with Crippen molar-refractivity contribution in [1.82, 2.24) is 14.7 Å². The van der Waals surface area contributed by atoms with Crippen molar-refractivity contribution in [2.45, 2.75) is 46.4 Å². The smallest absolute Gasteiger partial charge is 0.227 e. The van der Waals surface area contributed by atoms with Gasteiger partial charge >= 0.3 is 0 Å². The Morgan fingerprint density at radius 1 is 1.12 bits per heavy atom. The highest BCUT2D eigenvalue weighted by molar-refractivity contribution is 5.43. The summed E-state index contributed by atoms with van der Waals surface area (Å²) in [6.45, 7) is 9.82. The third kappa shape index (κ3) is 6.16. The molecule has 0 aliphatic rings. The highest BCUT2D eigenvalue weighted by atomic mass is 19.1. The number of rotatable bonds is 11. The molecule has 1 aromatic heterocycles. The van der Waals surface area contributed by atoms with Gasteiger partial charge in [0.15, 0.2) is 0 Å². The molecule has 32 heavy (non-hydrogen) atoms. The van der Waals surface area contributed by atoms with E-state index in [1.165, 1.54) is 12.1 Å². The zero-order chi connectivity index (χ0) is 23.1. The van der Waals surface area contributed by atoms with Crippen LogP contribution in [-0.4, -0.2) is 51.7 Å². The molecule has 2 aromatic carbocycles. The summed E-state index contributed by atoms with van der Waals surface area (Å²) in [5, 5.41) is 15.1. The molecule has 3 aromatic rings. The second-order valence-electron chi connectivity index (χ2n) is 8.01. The van der Waals surface area contributed by atoms with Crippen LogP contribution in [0.25, 0.3) is 5.69 Å². The largest absolute Gasteiger partial charge is 0.438 e. The average Bonchev–Trinajstić information content (AvgIpc) is 3.07. The van der Waals surface area contributed by atoms with Crippen molar-refractivity contribution < 1.29 is 19.0 Å². The number of nitrogens with zero attached hydrogens (tertiary/aromatic N) is 3. The second kappa shape index (κ2) is 11.2. The van der Waals surface area contributed by atoms with Crippen LogP contribution in [0.5, 0.6) is 11.6 Å². The molecule has 172 valence electrons. The molecule has 0 fully saturated rings. The van der Waals surface area contributed by atoms with Crippen molar-refractivity contribution in [1.29, 1.82) is 0 Å². The summed E-state index contributed by atoms with van der Waals surface area (Å²) in [7, 11) is 0. The van der Waals surface area contributed by atoms with Crippen LogP contribution in [0.15, 0.2) is 54.6 Å². The average molecular weight is 442 g/mol. The number of aryl methyl sites for hydroxylation is 1. The Morgan fingerprint density at radius 3 is 2.53 bits per heavy atom. The van der Waals surface area contributed by atoms with Crippen molar-refractivity contribution in [2.24, 2.45) is 0 Å². The number of para-hydroxylation sites is 1. The molecule has 7 heteroatoms. The van der Waals surface area contributed by atoms with Gasteiger partial charge in [-0.3, -0.25) is 4.90 Å². The predicted molar refractivity (Wildman–Crippen MR) is 123 cm³/mol. The number of halogens is 1. The lowest BCUT2D eigenvalue weighted by Crippen LogP contribution is -2.39. The number of ether oxygens (including phenoxy) is 2. The van der Waals surface area contributed by atoms with E-state index >= 15 is 0 Å². The Morgan fingerprint density at radius 2 is 1.88 bits per heavy atom. The van der Waals surface area contributed by atoms with Gasteiger partial charge in [0.25, 0.3) is 0 Å². The second-order valence-corrected chi connectivity index (χ2v) is 8.01. The molecule has 6 nitrogen and oxygen atoms in total. The third-order valence-electron chi connectivity index (χ3n) is 5.20. The standard InChI is InChI=1S/C25H32FN3O3/c1-5-31-17-22(30)15-28(18(2)3)16-24-19(4)27-29(21-11-7-6-8-12-21)25(24)32-23-13-9-10-20(26)14-23/h6-14,18,22,30H,5,15-17H2,1-4H3/t22-/m1/s1. The molecule has 0 unspecified atom stereocenters. The van der Waals surface area contributed by atoms with Crippen LogP contribution in [0.1, 0.15) is 32.0 Å². The van der Waals surface area contributed by atoms with Crippen LogP contribution in [-0.2, 0) is 11.3 Å². The molecule has 3 rings (SSSR count). The highest BCUT2D eigenvalue weighted by Crippen LogP contribution is 2.32. The fourth-order valence-corrected chi connectivity index (χ4v) is 3.45. The Bertz CT molecular complexity index is 991. The quantitative estimate of drug-likeness (QED) is 0.467. The molecular formula is C25H32FN3O3. The zero-order valence-electron chi connectivity index (χ0n) is 19.2. The van der Waals surface area contributed by atoms with Crippen LogP contribution in [0.2, 0.25) is 0 Å². The SMILES string of the molecule is CCOC[C@H](O)CN(Cc1c(C)nn(-c2ccccc2)c1Oc1cccc(F)c1)C(C)C. The molecule has 0 aliphatic heterocycles. The van der Waals surface area contributed by atoms with Crippen molar-refractivity contribution in [3.63, 3.8) is 0 Å². The molecule has 0 saturated carbocycles. The van der Waals surface area contributed by atoms with E-state index in [1.54, 1.807) is 16.8 Å². The number of aliphatic hydroxyl groups is 1. The Labute approximate surface area is 189 Å². The maximum Gasteiger partial charge on any atom is 0.227 e. The normalized spacial score (nSPS) is 12.5. The van der Waals surface area contributed by atoms with Crippen LogP contribution < -0.4 is 4.74 Å². The van der Waals surface area contributed by atoms with Crippen LogP contribution in [0, 0.1) is 12.7 Å². The fraction of sp³-hybridized carbons (Fsp3) is 0.400. The maximum atomic E-state index is 13.8.